The van der Waals surface area contributed by atoms with Gasteiger partial charge in [0.25, 0.3) is 0 Å². The van der Waals surface area contributed by atoms with Crippen LogP contribution in [0.4, 0.5) is 5.95 Å². The first-order valence-corrected chi connectivity index (χ1v) is 4.21. The van der Waals surface area contributed by atoms with Crippen molar-refractivity contribution in [3.05, 3.63) is 10.2 Å². The number of rotatable bonds is 2. The molecule has 0 aliphatic rings. The van der Waals surface area contributed by atoms with Gasteiger partial charge in [-0.25, -0.2) is 4.98 Å². The van der Waals surface area contributed by atoms with E-state index in [0.29, 0.717) is 16.0 Å². The average Bonchev–Trinajstić information content (AvgIpc) is 2.11. The zero-order valence-corrected chi connectivity index (χ0v) is 8.50. The third kappa shape index (κ3) is 2.06. The summed E-state index contributed by atoms with van der Waals surface area (Å²) in [6, 6.07) is 1.97. The number of nitrogens with two attached hydrogens (primary N) is 1. The molecule has 0 fully saturated rings. The van der Waals surface area contributed by atoms with E-state index < -0.39 is 0 Å². The van der Waals surface area contributed by atoms with Gasteiger partial charge in [-0.05, 0) is 15.9 Å². The first kappa shape index (κ1) is 9.74. The summed E-state index contributed by atoms with van der Waals surface area (Å²) in [5.74, 6) is 0.447. The average molecular weight is 243 g/mol. The summed E-state index contributed by atoms with van der Waals surface area (Å²) < 4.78 is 5.50. The number of methoxy groups -OCH3 is 1. The Labute approximate surface area is 83.7 Å². The lowest BCUT2D eigenvalue weighted by molar-refractivity contribution is 0.394. The first-order chi connectivity index (χ1) is 6.19. The highest BCUT2D eigenvalue weighted by atomic mass is 79.9. The first-order valence-electron chi connectivity index (χ1n) is 3.42. The molecular formula is C7H7BrN4O. The van der Waals surface area contributed by atoms with Crippen LogP contribution in [0.2, 0.25) is 0 Å². The third-order valence-corrected chi connectivity index (χ3v) is 2.14. The van der Waals surface area contributed by atoms with Crippen molar-refractivity contribution in [1.82, 2.24) is 9.97 Å². The molecule has 1 heterocycles. The monoisotopic (exact) mass is 242 g/mol. The van der Waals surface area contributed by atoms with Crippen LogP contribution in [-0.2, 0) is 6.42 Å². The van der Waals surface area contributed by atoms with Gasteiger partial charge in [0, 0.05) is 0 Å². The molecule has 1 aromatic rings. The van der Waals surface area contributed by atoms with Crippen molar-refractivity contribution in [3.63, 3.8) is 0 Å². The summed E-state index contributed by atoms with van der Waals surface area (Å²) in [6.45, 7) is 0. The van der Waals surface area contributed by atoms with Crippen molar-refractivity contribution in [2.75, 3.05) is 12.8 Å². The Bertz CT molecular complexity index is 360. The summed E-state index contributed by atoms with van der Waals surface area (Å²) in [5.41, 5.74) is 5.94. The standard InChI is InChI=1S/C7H7BrN4O/c1-13-6-5(8)4(2-3-9)11-7(10)12-6/h2H2,1H3,(H2,10,11,12). The minimum atomic E-state index is 0.102. The van der Waals surface area contributed by atoms with Gasteiger partial charge < -0.3 is 10.5 Å². The molecule has 0 bridgehead atoms. The quantitative estimate of drug-likeness (QED) is 0.833. The molecule has 0 spiro atoms. The fourth-order valence-corrected chi connectivity index (χ4v) is 1.30. The van der Waals surface area contributed by atoms with Crippen LogP contribution in [-0.4, -0.2) is 17.1 Å². The van der Waals surface area contributed by atoms with Crippen molar-refractivity contribution in [2.45, 2.75) is 6.42 Å². The molecule has 5 nitrogen and oxygen atoms in total. The third-order valence-electron chi connectivity index (χ3n) is 1.35. The predicted molar refractivity (Wildman–Crippen MR) is 50.0 cm³/mol. The summed E-state index contributed by atoms with van der Waals surface area (Å²) >= 11 is 3.22. The lowest BCUT2D eigenvalue weighted by Gasteiger charge is -2.05. The maximum absolute atomic E-state index is 8.49. The van der Waals surface area contributed by atoms with E-state index >= 15 is 0 Å². The summed E-state index contributed by atoms with van der Waals surface area (Å²) in [5, 5.41) is 8.49. The highest BCUT2D eigenvalue weighted by Crippen LogP contribution is 2.26. The maximum Gasteiger partial charge on any atom is 0.232 e. The molecule has 2 N–H and O–H groups in total. The number of nitrogen functional groups attached to an aromatic ring is 1. The number of hydrogen-bond donors (Lipinski definition) is 1. The number of aromatic nitrogens is 2. The molecule has 0 amide bonds. The molecule has 68 valence electrons. The molecule has 0 radical (unpaired) electrons. The number of nitrogens with zero attached hydrogens (tertiary/aromatic N) is 3. The second kappa shape index (κ2) is 4.05. The van der Waals surface area contributed by atoms with Crippen LogP contribution in [0.3, 0.4) is 0 Å². The molecule has 0 aliphatic heterocycles. The minimum Gasteiger partial charge on any atom is -0.480 e. The van der Waals surface area contributed by atoms with Crippen molar-refractivity contribution in [2.24, 2.45) is 0 Å². The molecule has 1 aromatic heterocycles. The molecule has 0 aromatic carbocycles. The van der Waals surface area contributed by atoms with E-state index in [1.165, 1.54) is 7.11 Å². The van der Waals surface area contributed by atoms with Crippen LogP contribution in [0.5, 0.6) is 5.88 Å². The lowest BCUT2D eigenvalue weighted by Crippen LogP contribution is -2.02. The highest BCUT2D eigenvalue weighted by Gasteiger charge is 2.10. The fourth-order valence-electron chi connectivity index (χ4n) is 0.816. The molecule has 0 saturated heterocycles. The maximum atomic E-state index is 8.49. The number of ether oxygens (including phenoxy) is 1. The van der Waals surface area contributed by atoms with Gasteiger partial charge in [-0.3, -0.25) is 0 Å². The molecule has 13 heavy (non-hydrogen) atoms. The molecule has 0 aliphatic carbocycles. The Morgan fingerprint density at radius 1 is 1.62 bits per heavy atom. The van der Waals surface area contributed by atoms with Crippen molar-refractivity contribution < 1.29 is 4.74 Å². The summed E-state index contributed by atoms with van der Waals surface area (Å²) in [6.07, 6.45) is 0.170. The molecule has 0 saturated carbocycles. The van der Waals surface area contributed by atoms with Gasteiger partial charge in [-0.15, -0.1) is 0 Å². The fraction of sp³-hybridized carbons (Fsp3) is 0.286. The van der Waals surface area contributed by atoms with Crippen LogP contribution in [0.1, 0.15) is 5.69 Å². The van der Waals surface area contributed by atoms with E-state index in [2.05, 4.69) is 25.9 Å². The van der Waals surface area contributed by atoms with E-state index in [4.69, 9.17) is 15.7 Å². The van der Waals surface area contributed by atoms with Crippen LogP contribution >= 0.6 is 15.9 Å². The van der Waals surface area contributed by atoms with E-state index in [0.717, 1.165) is 0 Å². The Hall–Kier alpha value is -1.35. The van der Waals surface area contributed by atoms with Gasteiger partial charge >= 0.3 is 0 Å². The van der Waals surface area contributed by atoms with Crippen molar-refractivity contribution in [3.8, 4) is 11.9 Å². The Morgan fingerprint density at radius 3 is 2.85 bits per heavy atom. The van der Waals surface area contributed by atoms with Gasteiger partial charge in [0.15, 0.2) is 0 Å². The largest absolute Gasteiger partial charge is 0.480 e. The van der Waals surface area contributed by atoms with E-state index in [1.807, 2.05) is 6.07 Å². The Morgan fingerprint density at radius 2 is 2.31 bits per heavy atom. The van der Waals surface area contributed by atoms with Gasteiger partial charge in [0.1, 0.15) is 4.47 Å². The molecular weight excluding hydrogens is 236 g/mol. The predicted octanol–water partition coefficient (Wildman–Crippen LogP) is 0.896. The Balaban J connectivity index is 3.20. The van der Waals surface area contributed by atoms with Gasteiger partial charge in [-0.1, -0.05) is 0 Å². The summed E-state index contributed by atoms with van der Waals surface area (Å²) in [7, 11) is 1.47. The zero-order chi connectivity index (χ0) is 9.84. The Kier molecular flexibility index (Phi) is 3.03. The smallest absolute Gasteiger partial charge is 0.232 e. The molecule has 0 unspecified atom stereocenters. The zero-order valence-electron chi connectivity index (χ0n) is 6.91. The second-order valence-corrected chi connectivity index (χ2v) is 2.98. The van der Waals surface area contributed by atoms with E-state index in [1.54, 1.807) is 0 Å². The normalized spacial score (nSPS) is 9.31. The summed E-state index contributed by atoms with van der Waals surface area (Å²) in [4.78, 5) is 7.71. The SMILES string of the molecule is COc1nc(N)nc(CC#N)c1Br. The molecule has 0 atom stereocenters. The molecule has 6 heteroatoms. The number of anilines is 1. The second-order valence-electron chi connectivity index (χ2n) is 2.19. The minimum absolute atomic E-state index is 0.102. The van der Waals surface area contributed by atoms with Crippen LogP contribution < -0.4 is 10.5 Å². The van der Waals surface area contributed by atoms with E-state index in [9.17, 15) is 0 Å². The van der Waals surface area contributed by atoms with Crippen molar-refractivity contribution >= 4 is 21.9 Å². The van der Waals surface area contributed by atoms with Crippen LogP contribution in [0.15, 0.2) is 4.47 Å². The van der Waals surface area contributed by atoms with Gasteiger partial charge in [0.2, 0.25) is 11.8 Å². The van der Waals surface area contributed by atoms with E-state index in [-0.39, 0.29) is 12.4 Å². The molecule has 1 rings (SSSR count). The topological polar surface area (TPSA) is 84.8 Å². The van der Waals surface area contributed by atoms with Gasteiger partial charge in [-0.2, -0.15) is 10.2 Å². The number of hydrogen-bond acceptors (Lipinski definition) is 5. The number of halogens is 1. The highest BCUT2D eigenvalue weighted by molar-refractivity contribution is 9.10. The van der Waals surface area contributed by atoms with Crippen molar-refractivity contribution in [1.29, 1.82) is 5.26 Å². The lowest BCUT2D eigenvalue weighted by atomic mass is 10.3. The van der Waals surface area contributed by atoms with Gasteiger partial charge in [0.05, 0.1) is 25.3 Å². The van der Waals surface area contributed by atoms with Crippen LogP contribution in [0, 0.1) is 11.3 Å². The number of nitriles is 1. The van der Waals surface area contributed by atoms with Crippen LogP contribution in [0.25, 0.3) is 0 Å².